The van der Waals surface area contributed by atoms with Gasteiger partial charge in [0, 0.05) is 30.0 Å². The molecule has 0 spiro atoms. The first-order valence-electron chi connectivity index (χ1n) is 9.35. The maximum atomic E-state index is 13.3. The van der Waals surface area contributed by atoms with Crippen LogP contribution in [-0.4, -0.2) is 16.0 Å². The molecule has 5 nitrogen and oxygen atoms in total. The predicted molar refractivity (Wildman–Crippen MR) is 95.9 cm³/mol. The van der Waals surface area contributed by atoms with Gasteiger partial charge in [-0.05, 0) is 55.4 Å². The number of hydrogen-bond acceptors (Lipinski definition) is 5. The molecule has 0 radical (unpaired) electrons. The van der Waals surface area contributed by atoms with Gasteiger partial charge in [-0.15, -0.1) is 0 Å². The lowest BCUT2D eigenvalue weighted by molar-refractivity contribution is -0.137. The van der Waals surface area contributed by atoms with E-state index in [9.17, 15) is 13.2 Å². The molecule has 2 aromatic rings. The van der Waals surface area contributed by atoms with Crippen LogP contribution in [0.25, 0.3) is 0 Å². The number of fused-ring (bicyclic) bond motifs is 5. The smallest absolute Gasteiger partial charge is 0.367 e. The molecule has 2 fully saturated rings. The topological polar surface area (TPSA) is 61.9 Å². The Morgan fingerprint density at radius 1 is 1.04 bits per heavy atom. The fourth-order valence-electron chi connectivity index (χ4n) is 4.14. The number of nitrogens with zero attached hydrogens (tertiary/aromatic N) is 2. The van der Waals surface area contributed by atoms with Gasteiger partial charge in [-0.25, -0.2) is 4.98 Å². The normalized spacial score (nSPS) is 23.8. The molecule has 1 aromatic heterocycles. The summed E-state index contributed by atoms with van der Waals surface area (Å²) in [5.41, 5.74) is 2.54. The molecule has 8 heteroatoms. The number of rotatable bonds is 4. The van der Waals surface area contributed by atoms with Gasteiger partial charge in [0.25, 0.3) is 0 Å². The van der Waals surface area contributed by atoms with Crippen LogP contribution in [0.1, 0.15) is 60.9 Å². The van der Waals surface area contributed by atoms with E-state index in [0.717, 1.165) is 44.0 Å². The second kappa shape index (κ2) is 6.09. The monoisotopic (exact) mass is 375 g/mol. The first kappa shape index (κ1) is 16.8. The summed E-state index contributed by atoms with van der Waals surface area (Å²) in [6.07, 6.45) is 1.40. The van der Waals surface area contributed by atoms with E-state index in [1.54, 1.807) is 0 Å². The highest BCUT2D eigenvalue weighted by atomic mass is 19.4. The third kappa shape index (κ3) is 3.01. The highest BCUT2D eigenvalue weighted by molar-refractivity contribution is 5.60. The molecule has 3 heterocycles. The highest BCUT2D eigenvalue weighted by Crippen LogP contribution is 2.45. The average Bonchev–Trinajstić information content (AvgIpc) is 3.19. The third-order valence-electron chi connectivity index (χ3n) is 5.78. The van der Waals surface area contributed by atoms with Crippen LogP contribution >= 0.6 is 0 Å². The van der Waals surface area contributed by atoms with Crippen LogP contribution in [0.15, 0.2) is 24.4 Å². The molecule has 1 saturated carbocycles. The minimum absolute atomic E-state index is 0.0514. The van der Waals surface area contributed by atoms with E-state index in [-0.39, 0.29) is 17.8 Å². The number of aromatic nitrogens is 2. The molecule has 1 aliphatic carbocycles. The summed E-state index contributed by atoms with van der Waals surface area (Å²) in [5.74, 6) is 0.0208. The SMILES string of the molecule is FC(F)(F)c1cnc(Nc2ccc3c(c2)[C@@H]2CC[C@H]3N2)nc1NC1CCC1. The van der Waals surface area contributed by atoms with Crippen molar-refractivity contribution in [1.82, 2.24) is 15.3 Å². The maximum Gasteiger partial charge on any atom is 0.421 e. The van der Waals surface area contributed by atoms with E-state index in [2.05, 4.69) is 32.0 Å². The number of nitrogens with one attached hydrogen (secondary N) is 3. The van der Waals surface area contributed by atoms with Crippen molar-refractivity contribution >= 4 is 17.5 Å². The molecule has 1 aromatic carbocycles. The molecule has 3 aliphatic rings. The summed E-state index contributed by atoms with van der Waals surface area (Å²) in [6.45, 7) is 0. The summed E-state index contributed by atoms with van der Waals surface area (Å²) in [5, 5.41) is 9.54. The molecule has 2 atom stereocenters. The van der Waals surface area contributed by atoms with E-state index in [0.29, 0.717) is 12.1 Å². The van der Waals surface area contributed by atoms with Crippen LogP contribution in [0.5, 0.6) is 0 Å². The number of alkyl halides is 3. The largest absolute Gasteiger partial charge is 0.421 e. The Morgan fingerprint density at radius 2 is 1.81 bits per heavy atom. The number of anilines is 3. The molecule has 5 rings (SSSR count). The Hall–Kier alpha value is -2.35. The summed E-state index contributed by atoms with van der Waals surface area (Å²) in [4.78, 5) is 8.02. The molecule has 142 valence electrons. The van der Waals surface area contributed by atoms with E-state index in [1.807, 2.05) is 12.1 Å². The standard InChI is InChI=1S/C19H20F3N5/c20-19(21,22)14-9-23-18(27-17(14)24-10-2-1-3-10)25-11-4-5-12-13(8-11)16-7-6-15(12)26-16/h4-5,8-10,15-16,26H,1-3,6-7H2,(H2,23,24,25,27)/t15-,16+/m1/s1. The Bertz CT molecular complexity index is 878. The molecule has 2 aliphatic heterocycles. The summed E-state index contributed by atoms with van der Waals surface area (Å²) in [7, 11) is 0. The van der Waals surface area contributed by atoms with E-state index < -0.39 is 11.7 Å². The van der Waals surface area contributed by atoms with Crippen molar-refractivity contribution < 1.29 is 13.2 Å². The van der Waals surface area contributed by atoms with Crippen LogP contribution in [0.4, 0.5) is 30.6 Å². The first-order valence-corrected chi connectivity index (χ1v) is 9.35. The van der Waals surface area contributed by atoms with Crippen LogP contribution in [-0.2, 0) is 6.18 Å². The second-order valence-electron chi connectivity index (χ2n) is 7.54. The van der Waals surface area contributed by atoms with Crippen molar-refractivity contribution in [3.8, 4) is 0 Å². The van der Waals surface area contributed by atoms with Gasteiger partial charge in [0.2, 0.25) is 5.95 Å². The van der Waals surface area contributed by atoms with Crippen molar-refractivity contribution in [2.45, 2.75) is 56.4 Å². The van der Waals surface area contributed by atoms with Gasteiger partial charge in [0.05, 0.1) is 0 Å². The van der Waals surface area contributed by atoms with Gasteiger partial charge >= 0.3 is 6.18 Å². The van der Waals surface area contributed by atoms with Crippen molar-refractivity contribution in [2.24, 2.45) is 0 Å². The first-order chi connectivity index (χ1) is 13.0. The minimum atomic E-state index is -4.48. The highest BCUT2D eigenvalue weighted by Gasteiger charge is 2.37. The predicted octanol–water partition coefficient (Wildman–Crippen LogP) is 4.68. The summed E-state index contributed by atoms with van der Waals surface area (Å²) < 4.78 is 39.8. The van der Waals surface area contributed by atoms with Crippen molar-refractivity contribution in [1.29, 1.82) is 0 Å². The lowest BCUT2D eigenvalue weighted by Crippen LogP contribution is -2.29. The minimum Gasteiger partial charge on any atom is -0.367 e. The maximum absolute atomic E-state index is 13.3. The van der Waals surface area contributed by atoms with E-state index in [1.165, 1.54) is 11.1 Å². The molecule has 27 heavy (non-hydrogen) atoms. The number of halogens is 3. The Balaban J connectivity index is 1.42. The third-order valence-corrected chi connectivity index (χ3v) is 5.78. The van der Waals surface area contributed by atoms with Gasteiger partial charge in [-0.2, -0.15) is 18.2 Å². The zero-order chi connectivity index (χ0) is 18.6. The summed E-state index contributed by atoms with van der Waals surface area (Å²) in [6, 6.07) is 6.91. The summed E-state index contributed by atoms with van der Waals surface area (Å²) >= 11 is 0. The van der Waals surface area contributed by atoms with Crippen LogP contribution in [0, 0.1) is 0 Å². The molecular formula is C19H20F3N5. The lowest BCUT2D eigenvalue weighted by Gasteiger charge is -2.28. The van der Waals surface area contributed by atoms with Gasteiger partial charge in [-0.1, -0.05) is 6.07 Å². The Morgan fingerprint density at radius 3 is 2.52 bits per heavy atom. The van der Waals surface area contributed by atoms with Gasteiger partial charge in [0.1, 0.15) is 11.4 Å². The zero-order valence-electron chi connectivity index (χ0n) is 14.6. The fourth-order valence-corrected chi connectivity index (χ4v) is 4.14. The van der Waals surface area contributed by atoms with Gasteiger partial charge < -0.3 is 16.0 Å². The quantitative estimate of drug-likeness (QED) is 0.724. The van der Waals surface area contributed by atoms with Crippen molar-refractivity contribution in [3.05, 3.63) is 41.1 Å². The number of benzene rings is 1. The molecule has 0 amide bonds. The molecular weight excluding hydrogens is 355 g/mol. The molecule has 0 unspecified atom stereocenters. The van der Waals surface area contributed by atoms with Crippen LogP contribution < -0.4 is 16.0 Å². The second-order valence-corrected chi connectivity index (χ2v) is 7.54. The zero-order valence-corrected chi connectivity index (χ0v) is 14.6. The van der Waals surface area contributed by atoms with E-state index in [4.69, 9.17) is 0 Å². The Kier molecular flexibility index (Phi) is 3.79. The van der Waals surface area contributed by atoms with Crippen LogP contribution in [0.2, 0.25) is 0 Å². The van der Waals surface area contributed by atoms with E-state index >= 15 is 0 Å². The van der Waals surface area contributed by atoms with Gasteiger partial charge in [0.15, 0.2) is 0 Å². The van der Waals surface area contributed by atoms with Crippen molar-refractivity contribution in [2.75, 3.05) is 10.6 Å². The molecule has 2 bridgehead atoms. The molecule has 3 N–H and O–H groups in total. The van der Waals surface area contributed by atoms with Crippen LogP contribution in [0.3, 0.4) is 0 Å². The van der Waals surface area contributed by atoms with Gasteiger partial charge in [-0.3, -0.25) is 0 Å². The average molecular weight is 375 g/mol. The Labute approximate surface area is 154 Å². The number of hydrogen-bond donors (Lipinski definition) is 3. The fraction of sp³-hybridized carbons (Fsp3) is 0.474. The van der Waals surface area contributed by atoms with Crippen molar-refractivity contribution in [3.63, 3.8) is 0 Å². The lowest BCUT2D eigenvalue weighted by atomic mass is 9.91. The molecule has 1 saturated heterocycles.